The van der Waals surface area contributed by atoms with Gasteiger partial charge in [-0.1, -0.05) is 24.3 Å². The number of halogens is 2. The van der Waals surface area contributed by atoms with E-state index in [1.165, 1.54) is 28.8 Å². The lowest BCUT2D eigenvalue weighted by molar-refractivity contribution is -0.139. The van der Waals surface area contributed by atoms with E-state index in [1.54, 1.807) is 32.3 Å². The van der Waals surface area contributed by atoms with Gasteiger partial charge in [-0.3, -0.25) is 14.2 Å². The van der Waals surface area contributed by atoms with Gasteiger partial charge in [0.2, 0.25) is 0 Å². The van der Waals surface area contributed by atoms with E-state index in [0.29, 0.717) is 23.0 Å². The van der Waals surface area contributed by atoms with Gasteiger partial charge < -0.3 is 15.7 Å². The van der Waals surface area contributed by atoms with Gasteiger partial charge in [-0.05, 0) is 54.6 Å². The monoisotopic (exact) mass is 522 g/mol. The molecule has 0 bridgehead atoms. The highest BCUT2D eigenvalue weighted by atomic mass is 19.1. The van der Waals surface area contributed by atoms with Gasteiger partial charge in [0, 0.05) is 20.0 Å². The van der Waals surface area contributed by atoms with Gasteiger partial charge in [0.25, 0.3) is 11.5 Å². The third-order valence-corrected chi connectivity index (χ3v) is 6.14. The molecule has 38 heavy (non-hydrogen) atoms. The summed E-state index contributed by atoms with van der Waals surface area (Å²) in [6.45, 7) is 0.571. The Morgan fingerprint density at radius 2 is 1.61 bits per heavy atom. The first-order chi connectivity index (χ1) is 18.1. The van der Waals surface area contributed by atoms with Crippen LogP contribution in [-0.4, -0.2) is 39.2 Å². The third kappa shape index (κ3) is 5.09. The molecule has 1 aromatic heterocycles. The van der Waals surface area contributed by atoms with E-state index in [9.17, 15) is 33.1 Å². The van der Waals surface area contributed by atoms with E-state index in [-0.39, 0.29) is 12.1 Å². The van der Waals surface area contributed by atoms with Crippen LogP contribution >= 0.6 is 0 Å². The number of aryl methyl sites for hydroxylation is 1. The quantitative estimate of drug-likeness (QED) is 0.326. The van der Waals surface area contributed by atoms with E-state index in [0.717, 1.165) is 28.3 Å². The van der Waals surface area contributed by atoms with Crippen molar-refractivity contribution in [2.75, 3.05) is 7.05 Å². The second-order valence-electron chi connectivity index (χ2n) is 8.70. The topological polar surface area (TPSA) is 122 Å². The van der Waals surface area contributed by atoms with Crippen LogP contribution in [0.3, 0.4) is 0 Å². The van der Waals surface area contributed by atoms with E-state index >= 15 is 0 Å². The first-order valence-electron chi connectivity index (χ1n) is 11.6. The van der Waals surface area contributed by atoms with Crippen molar-refractivity contribution in [2.45, 2.75) is 19.0 Å². The second kappa shape index (κ2) is 10.8. The van der Waals surface area contributed by atoms with Crippen LogP contribution in [0.15, 0.2) is 70.3 Å². The Balaban J connectivity index is 1.62. The minimum atomic E-state index is -1.49. The predicted octanol–water partition coefficient (Wildman–Crippen LogP) is 2.11. The van der Waals surface area contributed by atoms with Crippen molar-refractivity contribution >= 4 is 22.8 Å². The van der Waals surface area contributed by atoms with Crippen LogP contribution < -0.4 is 21.9 Å². The molecule has 0 aliphatic carbocycles. The molecule has 4 rings (SSSR count). The molecule has 0 saturated carbocycles. The lowest BCUT2D eigenvalue weighted by atomic mass is 10.0. The summed E-state index contributed by atoms with van der Waals surface area (Å²) in [5, 5.41) is 15.1. The normalized spacial score (nSPS) is 11.9. The highest BCUT2D eigenvalue weighted by Crippen LogP contribution is 2.15. The Morgan fingerprint density at radius 1 is 0.974 bits per heavy atom. The van der Waals surface area contributed by atoms with Crippen molar-refractivity contribution in [1.82, 2.24) is 19.8 Å². The molecule has 0 radical (unpaired) electrons. The van der Waals surface area contributed by atoms with Crippen LogP contribution in [0.5, 0.6) is 0 Å². The first-order valence-corrected chi connectivity index (χ1v) is 11.6. The maximum atomic E-state index is 13.9. The van der Waals surface area contributed by atoms with Crippen molar-refractivity contribution in [3.63, 3.8) is 0 Å². The number of amides is 1. The molecular weight excluding hydrogens is 498 g/mol. The number of carboxylic acid groups (broad SMARTS) is 1. The summed E-state index contributed by atoms with van der Waals surface area (Å²) >= 11 is 0. The number of fused-ring (bicyclic) bond motifs is 1. The maximum absolute atomic E-state index is 13.9. The number of benzene rings is 3. The molecule has 0 saturated heterocycles. The SMILES string of the molecule is CNCc1ccc2c(=O)n(-c3ccc(C[C@H](NC(=O)c4c(F)cccc4F)C(=O)O)cc3)c(=O)n(C)c2c1. The summed E-state index contributed by atoms with van der Waals surface area (Å²) in [6, 6.07) is 12.6. The van der Waals surface area contributed by atoms with Crippen LogP contribution in [0.4, 0.5) is 8.78 Å². The molecule has 11 heteroatoms. The standard InChI is InChI=1S/C27H24F2N4O5/c1-30-14-16-8-11-18-22(13-16)32(2)27(38)33(25(18)35)17-9-6-15(7-10-17)12-21(26(36)37)31-24(34)23-19(28)4-3-5-20(23)29/h3-11,13,21,30H,12,14H2,1-2H3,(H,31,34)(H,36,37)/t21-/m0/s1. The maximum Gasteiger partial charge on any atom is 0.335 e. The van der Waals surface area contributed by atoms with Crippen LogP contribution in [0.1, 0.15) is 21.5 Å². The molecule has 1 atom stereocenters. The molecule has 4 aromatic rings. The fourth-order valence-corrected chi connectivity index (χ4v) is 4.20. The summed E-state index contributed by atoms with van der Waals surface area (Å²) in [7, 11) is 3.36. The largest absolute Gasteiger partial charge is 0.480 e. The fraction of sp³-hybridized carbons (Fsp3) is 0.185. The van der Waals surface area contributed by atoms with Crippen LogP contribution in [0, 0.1) is 11.6 Å². The van der Waals surface area contributed by atoms with Gasteiger partial charge in [-0.25, -0.2) is 22.9 Å². The highest BCUT2D eigenvalue weighted by molar-refractivity contribution is 5.97. The van der Waals surface area contributed by atoms with Gasteiger partial charge in [0.05, 0.1) is 16.6 Å². The Labute approximate surface area is 215 Å². The van der Waals surface area contributed by atoms with Gasteiger partial charge in [0.15, 0.2) is 0 Å². The molecule has 3 N–H and O–H groups in total. The molecule has 0 fully saturated rings. The minimum absolute atomic E-state index is 0.212. The summed E-state index contributed by atoms with van der Waals surface area (Å²) in [4.78, 5) is 50.4. The van der Waals surface area contributed by atoms with E-state index in [1.807, 2.05) is 0 Å². The fourth-order valence-electron chi connectivity index (χ4n) is 4.20. The van der Waals surface area contributed by atoms with Crippen molar-refractivity contribution in [2.24, 2.45) is 7.05 Å². The summed E-state index contributed by atoms with van der Waals surface area (Å²) in [5.41, 5.74) is 0.177. The zero-order valence-corrected chi connectivity index (χ0v) is 20.5. The molecular formula is C27H24F2N4O5. The number of hydrogen-bond donors (Lipinski definition) is 3. The van der Waals surface area contributed by atoms with Crippen molar-refractivity contribution in [1.29, 1.82) is 0 Å². The molecule has 0 unspecified atom stereocenters. The minimum Gasteiger partial charge on any atom is -0.480 e. The zero-order chi connectivity index (χ0) is 27.6. The lowest BCUT2D eigenvalue weighted by Gasteiger charge is -2.16. The predicted molar refractivity (Wildman–Crippen MR) is 137 cm³/mol. The van der Waals surface area contributed by atoms with Crippen LogP contribution in [0.25, 0.3) is 16.6 Å². The molecule has 0 aliphatic heterocycles. The van der Waals surface area contributed by atoms with Gasteiger partial charge in [-0.2, -0.15) is 0 Å². The number of aromatic nitrogens is 2. The number of hydrogen-bond acceptors (Lipinski definition) is 5. The molecule has 1 heterocycles. The number of rotatable bonds is 8. The molecule has 1 amide bonds. The molecule has 0 aliphatic rings. The average molecular weight is 523 g/mol. The van der Waals surface area contributed by atoms with Gasteiger partial charge in [-0.15, -0.1) is 0 Å². The zero-order valence-electron chi connectivity index (χ0n) is 20.5. The van der Waals surface area contributed by atoms with Gasteiger partial charge >= 0.3 is 11.7 Å². The van der Waals surface area contributed by atoms with Crippen molar-refractivity contribution in [3.8, 4) is 5.69 Å². The van der Waals surface area contributed by atoms with E-state index < -0.39 is 46.4 Å². The highest BCUT2D eigenvalue weighted by Gasteiger charge is 2.25. The Bertz CT molecular complexity index is 1640. The summed E-state index contributed by atoms with van der Waals surface area (Å²) < 4.78 is 30.2. The molecule has 196 valence electrons. The Hall–Kier alpha value is -4.64. The first kappa shape index (κ1) is 26.4. The van der Waals surface area contributed by atoms with Crippen LogP contribution in [-0.2, 0) is 24.8 Å². The molecule has 3 aromatic carbocycles. The summed E-state index contributed by atoms with van der Waals surface area (Å²) in [5.74, 6) is -4.83. The van der Waals surface area contributed by atoms with Crippen LogP contribution in [0.2, 0.25) is 0 Å². The lowest BCUT2D eigenvalue weighted by Crippen LogP contribution is -2.43. The van der Waals surface area contributed by atoms with E-state index in [2.05, 4.69) is 10.6 Å². The number of carboxylic acids is 1. The smallest absolute Gasteiger partial charge is 0.335 e. The average Bonchev–Trinajstić information content (AvgIpc) is 2.88. The van der Waals surface area contributed by atoms with E-state index in [4.69, 9.17) is 0 Å². The van der Waals surface area contributed by atoms with Crippen molar-refractivity contribution < 1.29 is 23.5 Å². The molecule has 9 nitrogen and oxygen atoms in total. The number of nitrogens with zero attached hydrogens (tertiary/aromatic N) is 2. The third-order valence-electron chi connectivity index (χ3n) is 6.14. The number of nitrogens with one attached hydrogen (secondary N) is 2. The van der Waals surface area contributed by atoms with Crippen molar-refractivity contribution in [3.05, 3.63) is 110 Å². The number of aliphatic carboxylic acids is 1. The Kier molecular flexibility index (Phi) is 7.49. The Morgan fingerprint density at radius 3 is 2.21 bits per heavy atom. The summed E-state index contributed by atoms with van der Waals surface area (Å²) in [6.07, 6.45) is -0.212. The number of carbonyl (C=O) groups is 2. The number of carbonyl (C=O) groups excluding carboxylic acids is 1. The second-order valence-corrected chi connectivity index (χ2v) is 8.70. The van der Waals surface area contributed by atoms with Gasteiger partial charge in [0.1, 0.15) is 23.2 Å². The molecule has 0 spiro atoms.